The maximum absolute atomic E-state index is 12.5. The molecule has 0 spiro atoms. The van der Waals surface area contributed by atoms with E-state index in [4.69, 9.17) is 19.7 Å². The summed E-state index contributed by atoms with van der Waals surface area (Å²) in [6.45, 7) is 3.44. The van der Waals surface area contributed by atoms with Gasteiger partial charge >= 0.3 is 5.97 Å². The number of para-hydroxylation sites is 1. The zero-order valence-electron chi connectivity index (χ0n) is 26.4. The van der Waals surface area contributed by atoms with Gasteiger partial charge in [0.2, 0.25) is 5.88 Å². The lowest BCUT2D eigenvalue weighted by atomic mass is 10.1. The van der Waals surface area contributed by atoms with E-state index in [1.54, 1.807) is 18.6 Å². The highest BCUT2D eigenvalue weighted by Gasteiger charge is 2.21. The summed E-state index contributed by atoms with van der Waals surface area (Å²) >= 11 is 0. The molecule has 0 radical (unpaired) electrons. The molecule has 0 saturated carbocycles. The minimum Gasteiger partial charge on any atom is -0.480 e. The van der Waals surface area contributed by atoms with Crippen LogP contribution in [0.4, 0.5) is 11.6 Å². The Bertz CT molecular complexity index is 1760. The van der Waals surface area contributed by atoms with E-state index >= 15 is 0 Å². The Kier molecular flexibility index (Phi) is 10.8. The minimum absolute atomic E-state index is 0.373. The number of aromatic nitrogens is 5. The van der Waals surface area contributed by atoms with E-state index < -0.39 is 12.0 Å². The van der Waals surface area contributed by atoms with Gasteiger partial charge < -0.3 is 20.5 Å². The van der Waals surface area contributed by atoms with E-state index in [1.807, 2.05) is 54.6 Å². The minimum atomic E-state index is -0.938. The number of aryl methyl sites for hydroxylation is 2. The second kappa shape index (κ2) is 15.9. The quantitative estimate of drug-likeness (QED) is 0.119. The summed E-state index contributed by atoms with van der Waals surface area (Å²) in [5.74, 6) is 1.63. The third-order valence-electron chi connectivity index (χ3n) is 8.27. The molecule has 5 aromatic rings. The van der Waals surface area contributed by atoms with Crippen LogP contribution in [0, 0.1) is 0 Å². The average Bonchev–Trinajstić information content (AvgIpc) is 3.12. The molecule has 11 nitrogen and oxygen atoms in total. The Labute approximate surface area is 274 Å². The van der Waals surface area contributed by atoms with Crippen molar-refractivity contribution in [2.45, 2.75) is 44.6 Å². The number of aliphatic carboxylic acids is 1. The van der Waals surface area contributed by atoms with Gasteiger partial charge in [-0.2, -0.15) is 0 Å². The highest BCUT2D eigenvalue weighted by molar-refractivity contribution is 5.92. The number of carboxylic acids is 1. The number of carboxylic acid groups (broad SMARTS) is 1. The van der Waals surface area contributed by atoms with Crippen molar-refractivity contribution < 1.29 is 14.6 Å². The number of hydrogen-bond acceptors (Lipinski definition) is 10. The number of rotatable bonds is 16. The Balaban J connectivity index is 1.11. The van der Waals surface area contributed by atoms with Gasteiger partial charge in [-0.05, 0) is 87.0 Å². The predicted molar refractivity (Wildman–Crippen MR) is 183 cm³/mol. The van der Waals surface area contributed by atoms with Crippen LogP contribution in [-0.2, 0) is 17.6 Å². The first-order chi connectivity index (χ1) is 23.1. The topological polar surface area (TPSA) is 138 Å². The number of benzene rings is 1. The Hall–Kier alpha value is -5.16. The van der Waals surface area contributed by atoms with Crippen LogP contribution in [-0.4, -0.2) is 79.7 Å². The standard InChI is InChI=1S/C36H40N8O3/c45-36(46)31(42-35-29-12-1-2-13-30(29)41-34(43-35)27-10-7-18-37-25-27)17-22-44(23-24-47-32-14-3-5-19-38-32)21-6-4-11-28-16-15-26-9-8-20-39-33(26)40-28/h1-3,5,7,10,12-16,18-19,25,31H,4,6,8-9,11,17,20-24H2,(H,39,40)(H,45,46)(H,41,42,43). The summed E-state index contributed by atoms with van der Waals surface area (Å²) in [5, 5.41) is 17.7. The monoisotopic (exact) mass is 632 g/mol. The molecule has 5 heterocycles. The summed E-state index contributed by atoms with van der Waals surface area (Å²) in [6, 6.07) is 20.4. The molecule has 3 N–H and O–H groups in total. The van der Waals surface area contributed by atoms with Crippen molar-refractivity contribution in [1.82, 2.24) is 29.8 Å². The number of nitrogens with one attached hydrogen (secondary N) is 2. The maximum Gasteiger partial charge on any atom is 0.326 e. The van der Waals surface area contributed by atoms with Crippen molar-refractivity contribution in [2.75, 3.05) is 43.4 Å². The summed E-state index contributed by atoms with van der Waals surface area (Å²) in [4.78, 5) is 37.6. The van der Waals surface area contributed by atoms with Gasteiger partial charge in [-0.1, -0.05) is 24.3 Å². The SMILES string of the molecule is O=C(O)C(CCN(CCCCc1ccc2c(n1)NCCC2)CCOc1ccccn1)Nc1nc(-c2cccnc2)nc2ccccc12. The lowest BCUT2D eigenvalue weighted by molar-refractivity contribution is -0.138. The number of nitrogens with zero attached hydrogens (tertiary/aromatic N) is 6. The van der Waals surface area contributed by atoms with Gasteiger partial charge in [0.1, 0.15) is 24.3 Å². The molecule has 0 bridgehead atoms. The molecule has 4 aromatic heterocycles. The molecular weight excluding hydrogens is 592 g/mol. The van der Waals surface area contributed by atoms with E-state index in [-0.39, 0.29) is 0 Å². The Morgan fingerprint density at radius 3 is 2.72 bits per heavy atom. The van der Waals surface area contributed by atoms with E-state index in [9.17, 15) is 9.90 Å². The first kappa shape index (κ1) is 31.8. The van der Waals surface area contributed by atoms with Crippen molar-refractivity contribution in [3.8, 4) is 17.3 Å². The van der Waals surface area contributed by atoms with Crippen LogP contribution >= 0.6 is 0 Å². The second-order valence-corrected chi connectivity index (χ2v) is 11.6. The zero-order valence-corrected chi connectivity index (χ0v) is 26.4. The number of anilines is 2. The first-order valence-electron chi connectivity index (χ1n) is 16.3. The van der Waals surface area contributed by atoms with Gasteiger partial charge in [-0.3, -0.25) is 9.88 Å². The normalized spacial score (nSPS) is 13.1. The first-order valence-corrected chi connectivity index (χ1v) is 16.3. The molecule has 0 fully saturated rings. The third-order valence-corrected chi connectivity index (χ3v) is 8.27. The van der Waals surface area contributed by atoms with E-state index in [2.05, 4.69) is 37.6 Å². The van der Waals surface area contributed by atoms with Gasteiger partial charge in [-0.25, -0.2) is 24.7 Å². The summed E-state index contributed by atoms with van der Waals surface area (Å²) in [6.07, 6.45) is 10.5. The molecular formula is C36H40N8O3. The molecule has 1 atom stereocenters. The number of carbonyl (C=O) groups is 1. The molecule has 1 aliphatic rings. The largest absolute Gasteiger partial charge is 0.480 e. The highest BCUT2D eigenvalue weighted by atomic mass is 16.5. The molecule has 1 aromatic carbocycles. The van der Waals surface area contributed by atoms with Crippen LogP contribution < -0.4 is 15.4 Å². The summed E-state index contributed by atoms with van der Waals surface area (Å²) in [5.41, 5.74) is 3.88. The van der Waals surface area contributed by atoms with Crippen LogP contribution in [0.5, 0.6) is 5.88 Å². The summed E-state index contributed by atoms with van der Waals surface area (Å²) in [7, 11) is 0. The van der Waals surface area contributed by atoms with Gasteiger partial charge in [0.25, 0.3) is 0 Å². The van der Waals surface area contributed by atoms with Crippen LogP contribution in [0.3, 0.4) is 0 Å². The molecule has 0 aliphatic carbocycles. The fourth-order valence-corrected chi connectivity index (χ4v) is 5.74. The molecule has 11 heteroatoms. The van der Waals surface area contributed by atoms with Crippen LogP contribution in [0.2, 0.25) is 0 Å². The molecule has 242 valence electrons. The molecule has 0 saturated heterocycles. The second-order valence-electron chi connectivity index (χ2n) is 11.6. The van der Waals surface area contributed by atoms with Crippen molar-refractivity contribution in [3.05, 3.63) is 96.6 Å². The van der Waals surface area contributed by atoms with Crippen molar-refractivity contribution in [3.63, 3.8) is 0 Å². The van der Waals surface area contributed by atoms with Gasteiger partial charge in [-0.15, -0.1) is 0 Å². The zero-order chi connectivity index (χ0) is 32.3. The fourth-order valence-electron chi connectivity index (χ4n) is 5.74. The van der Waals surface area contributed by atoms with Crippen LogP contribution in [0.1, 0.15) is 36.9 Å². The van der Waals surface area contributed by atoms with E-state index in [1.165, 1.54) is 5.56 Å². The Morgan fingerprint density at radius 2 is 1.87 bits per heavy atom. The number of hydrogen-bond donors (Lipinski definition) is 3. The molecule has 1 aliphatic heterocycles. The van der Waals surface area contributed by atoms with Crippen LogP contribution in [0.25, 0.3) is 22.3 Å². The third kappa shape index (κ3) is 8.76. The molecule has 6 rings (SSSR count). The van der Waals surface area contributed by atoms with Crippen molar-refractivity contribution in [1.29, 1.82) is 0 Å². The summed E-state index contributed by atoms with van der Waals surface area (Å²) < 4.78 is 5.89. The van der Waals surface area contributed by atoms with Gasteiger partial charge in [0.15, 0.2) is 5.82 Å². The van der Waals surface area contributed by atoms with E-state index in [0.717, 1.165) is 73.2 Å². The van der Waals surface area contributed by atoms with Crippen molar-refractivity contribution >= 4 is 28.5 Å². The average molecular weight is 633 g/mol. The fraction of sp³-hybridized carbons (Fsp3) is 0.333. The van der Waals surface area contributed by atoms with Gasteiger partial charge in [0, 0.05) is 60.9 Å². The molecule has 0 amide bonds. The highest BCUT2D eigenvalue weighted by Crippen LogP contribution is 2.26. The number of ether oxygens (including phenoxy) is 1. The number of pyridine rings is 3. The number of unbranched alkanes of at least 4 members (excludes halogenated alkanes) is 1. The van der Waals surface area contributed by atoms with E-state index in [0.29, 0.717) is 43.6 Å². The molecule has 47 heavy (non-hydrogen) atoms. The predicted octanol–water partition coefficient (Wildman–Crippen LogP) is 5.50. The lowest BCUT2D eigenvalue weighted by Gasteiger charge is -2.25. The lowest BCUT2D eigenvalue weighted by Crippen LogP contribution is -2.37. The van der Waals surface area contributed by atoms with Crippen LogP contribution in [0.15, 0.2) is 85.3 Å². The Morgan fingerprint density at radius 1 is 0.957 bits per heavy atom. The maximum atomic E-state index is 12.5. The smallest absolute Gasteiger partial charge is 0.326 e. The van der Waals surface area contributed by atoms with Gasteiger partial charge in [0.05, 0.1) is 5.52 Å². The van der Waals surface area contributed by atoms with Crippen molar-refractivity contribution in [2.24, 2.45) is 0 Å². The molecule has 1 unspecified atom stereocenters. The number of fused-ring (bicyclic) bond motifs is 2.